The number of benzene rings is 2. The summed E-state index contributed by atoms with van der Waals surface area (Å²) in [5.41, 5.74) is 2.32. The fourth-order valence-electron chi connectivity index (χ4n) is 4.53. The van der Waals surface area contributed by atoms with E-state index >= 15 is 0 Å². The van der Waals surface area contributed by atoms with E-state index in [1.807, 2.05) is 9.36 Å². The average Bonchev–Trinajstić information content (AvgIpc) is 3.40. The van der Waals surface area contributed by atoms with E-state index < -0.39 is 0 Å². The van der Waals surface area contributed by atoms with Crippen LogP contribution in [0.15, 0.2) is 36.4 Å². The highest BCUT2D eigenvalue weighted by Gasteiger charge is 2.15. The van der Waals surface area contributed by atoms with Gasteiger partial charge in [-0.25, -0.2) is 9.36 Å². The SMILES string of the molecule is CCn1nnc2/c1=c1/cc(N(C)C)cc/c1=c1\nnn(CC)\c1=c1/cc([N+](C)(C)C)cc/c1=2. The fraction of sp³-hybridized carbons (Fsp3) is 0.360. The number of fused-ring (bicyclic) bond motifs is 4. The molecule has 8 nitrogen and oxygen atoms in total. The van der Waals surface area contributed by atoms with E-state index in [9.17, 15) is 0 Å². The zero-order valence-electron chi connectivity index (χ0n) is 20.5. The normalized spacial score (nSPS) is 16.7. The number of rotatable bonds is 4. The van der Waals surface area contributed by atoms with Crippen molar-refractivity contribution in [3.63, 3.8) is 0 Å². The number of hydrogen-bond donors (Lipinski definition) is 0. The van der Waals surface area contributed by atoms with Crippen molar-refractivity contribution in [2.24, 2.45) is 0 Å². The fourth-order valence-corrected chi connectivity index (χ4v) is 4.53. The molecule has 2 aromatic heterocycles. The average molecular weight is 444 g/mol. The Bertz CT molecular complexity index is 1760. The van der Waals surface area contributed by atoms with Gasteiger partial charge in [0.25, 0.3) is 0 Å². The molecule has 0 aliphatic heterocycles. The molecule has 0 N–H and O–H groups in total. The van der Waals surface area contributed by atoms with Crippen LogP contribution in [0.1, 0.15) is 13.8 Å². The Balaban J connectivity index is 2.28. The zero-order valence-corrected chi connectivity index (χ0v) is 20.5. The molecule has 0 fully saturated rings. The molecule has 2 aromatic carbocycles. The zero-order chi connectivity index (χ0) is 23.5. The van der Waals surface area contributed by atoms with Crippen molar-refractivity contribution < 1.29 is 0 Å². The van der Waals surface area contributed by atoms with Crippen LogP contribution in [0.2, 0.25) is 0 Å². The number of quaternary nitrogens is 1. The topological polar surface area (TPSA) is 64.7 Å². The Morgan fingerprint density at radius 3 is 1.73 bits per heavy atom. The van der Waals surface area contributed by atoms with E-state index in [2.05, 4.69) is 101 Å². The minimum atomic E-state index is 0.716. The van der Waals surface area contributed by atoms with Gasteiger partial charge in [0.2, 0.25) is 0 Å². The van der Waals surface area contributed by atoms with Crippen LogP contribution in [-0.2, 0) is 13.1 Å². The van der Waals surface area contributed by atoms with E-state index in [0.717, 1.165) is 61.0 Å². The lowest BCUT2D eigenvalue weighted by molar-refractivity contribution is 0.486. The molecule has 0 saturated heterocycles. The first kappa shape index (κ1) is 21.3. The van der Waals surface area contributed by atoms with Crippen molar-refractivity contribution in [2.45, 2.75) is 26.9 Å². The Kier molecular flexibility index (Phi) is 4.86. The summed E-state index contributed by atoms with van der Waals surface area (Å²) in [6.07, 6.45) is 0. The van der Waals surface area contributed by atoms with Crippen molar-refractivity contribution in [1.82, 2.24) is 34.5 Å². The molecule has 5 rings (SSSR count). The Morgan fingerprint density at radius 2 is 1.24 bits per heavy atom. The van der Waals surface area contributed by atoms with Gasteiger partial charge in [0.1, 0.15) is 16.4 Å². The van der Waals surface area contributed by atoms with Crippen LogP contribution in [0.3, 0.4) is 0 Å². The molecule has 1 aliphatic rings. The first-order valence-corrected chi connectivity index (χ1v) is 11.4. The Morgan fingerprint density at radius 1 is 0.727 bits per heavy atom. The second-order valence-electron chi connectivity index (χ2n) is 9.57. The molecule has 0 bridgehead atoms. The summed E-state index contributed by atoms with van der Waals surface area (Å²) in [5, 5.41) is 26.6. The summed E-state index contributed by atoms with van der Waals surface area (Å²) in [4.78, 5) is 2.12. The molecular formula is C25H31N8+. The minimum absolute atomic E-state index is 0.716. The summed E-state index contributed by atoms with van der Waals surface area (Å²) in [6.45, 7) is 5.67. The van der Waals surface area contributed by atoms with Crippen LogP contribution in [0.5, 0.6) is 0 Å². The Labute approximate surface area is 191 Å². The van der Waals surface area contributed by atoms with Crippen LogP contribution in [0.4, 0.5) is 11.4 Å². The van der Waals surface area contributed by atoms with Gasteiger partial charge in [-0.05, 0) is 44.2 Å². The maximum absolute atomic E-state index is 4.69. The lowest BCUT2D eigenvalue weighted by atomic mass is 10.1. The molecule has 1 aliphatic carbocycles. The van der Waals surface area contributed by atoms with Crippen molar-refractivity contribution in [2.75, 3.05) is 40.1 Å². The number of hydrogen-bond acceptors (Lipinski definition) is 5. The second kappa shape index (κ2) is 7.52. The summed E-state index contributed by atoms with van der Waals surface area (Å²) in [6, 6.07) is 13.1. The largest absolute Gasteiger partial charge is 0.378 e. The molecule has 0 saturated carbocycles. The maximum Gasteiger partial charge on any atom is 0.132 e. The molecule has 4 aromatic rings. The van der Waals surface area contributed by atoms with Gasteiger partial charge < -0.3 is 4.90 Å². The summed E-state index contributed by atoms with van der Waals surface area (Å²) >= 11 is 0. The third kappa shape index (κ3) is 3.24. The van der Waals surface area contributed by atoms with Crippen LogP contribution >= 0.6 is 0 Å². The van der Waals surface area contributed by atoms with Crippen molar-refractivity contribution in [1.29, 1.82) is 0 Å². The van der Waals surface area contributed by atoms with E-state index in [0.29, 0.717) is 4.48 Å². The summed E-state index contributed by atoms with van der Waals surface area (Å²) < 4.78 is 4.69. The van der Waals surface area contributed by atoms with Gasteiger partial charge in [-0.1, -0.05) is 10.4 Å². The van der Waals surface area contributed by atoms with Crippen LogP contribution in [0, 0.1) is 42.3 Å². The molecule has 0 spiro atoms. The lowest BCUT2D eigenvalue weighted by Gasteiger charge is -2.23. The molecular weight excluding hydrogens is 412 g/mol. The predicted molar refractivity (Wildman–Crippen MR) is 129 cm³/mol. The maximum atomic E-state index is 4.69. The standard InChI is InChI=1S/C25H31N8/c1-8-31-24-20-14-16(30(3)4)10-12-18(20)22-25(32(9-2)29-26-22)21-15-17(33(5,6)7)11-13-19(21)23(24)27-28-31/h10-15H,8-9H2,1-7H3/q+1/b22-18+,23-19+,24-20+,25-21+. The Hall–Kier alpha value is -3.52. The predicted octanol–water partition coefficient (Wildman–Crippen LogP) is 2.63. The van der Waals surface area contributed by atoms with Crippen molar-refractivity contribution in [3.8, 4) is 0 Å². The quantitative estimate of drug-likeness (QED) is 0.400. The third-order valence-electron chi connectivity index (χ3n) is 6.39. The minimum Gasteiger partial charge on any atom is -0.378 e. The molecule has 0 atom stereocenters. The molecule has 2 heterocycles. The highest BCUT2D eigenvalue weighted by Crippen LogP contribution is 2.20. The summed E-state index contributed by atoms with van der Waals surface area (Å²) in [5.74, 6) is 0. The smallest absolute Gasteiger partial charge is 0.132 e. The molecule has 8 heteroatoms. The van der Waals surface area contributed by atoms with Crippen molar-refractivity contribution in [3.05, 3.63) is 78.7 Å². The van der Waals surface area contributed by atoms with E-state index in [-0.39, 0.29) is 0 Å². The molecule has 33 heavy (non-hydrogen) atoms. The lowest BCUT2D eigenvalue weighted by Crippen LogP contribution is -2.34. The monoisotopic (exact) mass is 443 g/mol. The third-order valence-corrected chi connectivity index (χ3v) is 6.39. The van der Waals surface area contributed by atoms with Gasteiger partial charge >= 0.3 is 0 Å². The van der Waals surface area contributed by atoms with E-state index in [4.69, 9.17) is 10.2 Å². The van der Waals surface area contributed by atoms with Gasteiger partial charge in [-0.15, -0.1) is 10.2 Å². The van der Waals surface area contributed by atoms with E-state index in [1.165, 1.54) is 5.69 Å². The second-order valence-corrected chi connectivity index (χ2v) is 9.57. The number of anilines is 1. The van der Waals surface area contributed by atoms with Gasteiger partial charge in [-0.3, -0.25) is 4.48 Å². The molecule has 0 unspecified atom stereocenters. The first-order valence-electron chi connectivity index (χ1n) is 11.4. The number of aryl methyl sites for hydroxylation is 2. The van der Waals surface area contributed by atoms with Crippen LogP contribution in [-0.4, -0.2) is 65.2 Å². The number of nitrogens with zero attached hydrogens (tertiary/aromatic N) is 8. The highest BCUT2D eigenvalue weighted by molar-refractivity contribution is 5.46. The van der Waals surface area contributed by atoms with Gasteiger partial charge in [-0.2, -0.15) is 0 Å². The first-order chi connectivity index (χ1) is 15.7. The van der Waals surface area contributed by atoms with Crippen molar-refractivity contribution >= 4 is 11.4 Å². The number of aromatic nitrogens is 6. The molecule has 170 valence electrons. The van der Waals surface area contributed by atoms with Crippen LogP contribution in [0.25, 0.3) is 0 Å². The van der Waals surface area contributed by atoms with Gasteiger partial charge in [0, 0.05) is 59.8 Å². The van der Waals surface area contributed by atoms with Gasteiger partial charge in [0.15, 0.2) is 0 Å². The summed E-state index contributed by atoms with van der Waals surface area (Å²) in [7, 11) is 10.6. The highest BCUT2D eigenvalue weighted by atomic mass is 15.4. The molecule has 0 amide bonds. The van der Waals surface area contributed by atoms with E-state index in [1.54, 1.807) is 0 Å². The van der Waals surface area contributed by atoms with Gasteiger partial charge in [0.05, 0.1) is 31.8 Å². The van der Waals surface area contributed by atoms with Crippen LogP contribution < -0.4 is 9.38 Å². The molecule has 0 radical (unpaired) electrons.